The van der Waals surface area contributed by atoms with Crippen LogP contribution in [0.5, 0.6) is 5.75 Å². The second-order valence-corrected chi connectivity index (χ2v) is 5.69. The molecule has 0 radical (unpaired) electrons. The molecule has 1 aromatic rings. The number of hydrogen-bond donors (Lipinski definition) is 2. The molecule has 1 rings (SSSR count). The summed E-state index contributed by atoms with van der Waals surface area (Å²) < 4.78 is 5.47. The van der Waals surface area contributed by atoms with Gasteiger partial charge in [0.2, 0.25) is 0 Å². The molecule has 0 saturated heterocycles. The zero-order valence-electron chi connectivity index (χ0n) is 12.9. The fourth-order valence-corrected chi connectivity index (χ4v) is 2.45. The Hall–Kier alpha value is -1.06. The first-order valence-corrected chi connectivity index (χ1v) is 7.06. The number of ether oxygens (including phenoxy) is 1. The lowest BCUT2D eigenvalue weighted by Gasteiger charge is -2.24. The Morgan fingerprint density at radius 3 is 2.26 bits per heavy atom. The van der Waals surface area contributed by atoms with Gasteiger partial charge in [0.25, 0.3) is 0 Å². The van der Waals surface area contributed by atoms with Crippen molar-refractivity contribution >= 4 is 0 Å². The summed E-state index contributed by atoms with van der Waals surface area (Å²) in [5.41, 5.74) is 15.6. The smallest absolute Gasteiger partial charge is 0.122 e. The number of methoxy groups -OCH3 is 1. The fourth-order valence-electron chi connectivity index (χ4n) is 2.45. The number of rotatable bonds is 6. The van der Waals surface area contributed by atoms with Gasteiger partial charge in [-0.15, -0.1) is 0 Å². The molecule has 19 heavy (non-hydrogen) atoms. The lowest BCUT2D eigenvalue weighted by atomic mass is 9.87. The molecule has 0 aliphatic rings. The molecule has 0 bridgehead atoms. The predicted octanol–water partition coefficient (Wildman–Crippen LogP) is 3.11. The molecule has 0 saturated carbocycles. The average molecular weight is 264 g/mol. The van der Waals surface area contributed by atoms with Crippen molar-refractivity contribution < 1.29 is 4.74 Å². The maximum absolute atomic E-state index is 6.39. The summed E-state index contributed by atoms with van der Waals surface area (Å²) in [4.78, 5) is 0. The maximum atomic E-state index is 6.39. The molecule has 0 amide bonds. The van der Waals surface area contributed by atoms with E-state index in [-0.39, 0.29) is 6.04 Å². The predicted molar refractivity (Wildman–Crippen MR) is 81.6 cm³/mol. The van der Waals surface area contributed by atoms with Gasteiger partial charge in [0.05, 0.1) is 7.11 Å². The molecule has 2 unspecified atom stereocenters. The average Bonchev–Trinajstić information content (AvgIpc) is 2.37. The molecule has 0 aromatic heterocycles. The van der Waals surface area contributed by atoms with Crippen LogP contribution < -0.4 is 16.2 Å². The van der Waals surface area contributed by atoms with Crippen molar-refractivity contribution in [3.63, 3.8) is 0 Å². The van der Waals surface area contributed by atoms with Gasteiger partial charge in [0.15, 0.2) is 0 Å². The quantitative estimate of drug-likeness (QED) is 0.830. The van der Waals surface area contributed by atoms with Crippen LogP contribution in [0.1, 0.15) is 55.8 Å². The van der Waals surface area contributed by atoms with E-state index in [1.54, 1.807) is 7.11 Å². The van der Waals surface area contributed by atoms with E-state index in [9.17, 15) is 0 Å². The first kappa shape index (κ1) is 16.0. The largest absolute Gasteiger partial charge is 0.496 e. The summed E-state index contributed by atoms with van der Waals surface area (Å²) in [6.45, 7) is 9.28. The van der Waals surface area contributed by atoms with Crippen LogP contribution in [0.3, 0.4) is 0 Å². The van der Waals surface area contributed by atoms with Crippen molar-refractivity contribution in [2.75, 3.05) is 13.7 Å². The summed E-state index contributed by atoms with van der Waals surface area (Å²) in [5.74, 6) is 1.76. The van der Waals surface area contributed by atoms with Crippen LogP contribution in [-0.2, 0) is 0 Å². The molecular formula is C16H28N2O. The highest BCUT2D eigenvalue weighted by molar-refractivity contribution is 5.45. The summed E-state index contributed by atoms with van der Waals surface area (Å²) in [6.07, 6.45) is 0.948. The maximum Gasteiger partial charge on any atom is 0.122 e. The zero-order valence-corrected chi connectivity index (χ0v) is 12.9. The van der Waals surface area contributed by atoms with Crippen molar-refractivity contribution in [3.8, 4) is 5.75 Å². The van der Waals surface area contributed by atoms with E-state index in [0.29, 0.717) is 18.4 Å². The molecule has 0 aliphatic heterocycles. The van der Waals surface area contributed by atoms with Gasteiger partial charge < -0.3 is 16.2 Å². The molecule has 0 fully saturated rings. The van der Waals surface area contributed by atoms with E-state index in [1.807, 2.05) is 0 Å². The highest BCUT2D eigenvalue weighted by atomic mass is 16.5. The van der Waals surface area contributed by atoms with E-state index in [0.717, 1.165) is 12.2 Å². The SMILES string of the molecule is COc1cc(C)c(C(N)C(C)CCN)cc1C(C)C. The highest BCUT2D eigenvalue weighted by Gasteiger charge is 2.19. The summed E-state index contributed by atoms with van der Waals surface area (Å²) in [7, 11) is 1.72. The number of nitrogens with two attached hydrogens (primary N) is 2. The van der Waals surface area contributed by atoms with E-state index in [1.165, 1.54) is 16.7 Å². The van der Waals surface area contributed by atoms with Gasteiger partial charge in [-0.2, -0.15) is 0 Å². The second-order valence-electron chi connectivity index (χ2n) is 5.69. The first-order chi connectivity index (χ1) is 8.92. The minimum absolute atomic E-state index is 0.0342. The second kappa shape index (κ2) is 6.92. The van der Waals surface area contributed by atoms with Crippen molar-refractivity contribution in [2.24, 2.45) is 17.4 Å². The molecule has 1 aromatic carbocycles. The minimum Gasteiger partial charge on any atom is -0.496 e. The van der Waals surface area contributed by atoms with Gasteiger partial charge in [-0.3, -0.25) is 0 Å². The van der Waals surface area contributed by atoms with Crippen LogP contribution in [0.2, 0.25) is 0 Å². The summed E-state index contributed by atoms with van der Waals surface area (Å²) in [6, 6.07) is 4.34. The van der Waals surface area contributed by atoms with Crippen LogP contribution in [0.25, 0.3) is 0 Å². The van der Waals surface area contributed by atoms with Crippen LogP contribution in [0.15, 0.2) is 12.1 Å². The molecular weight excluding hydrogens is 236 g/mol. The van der Waals surface area contributed by atoms with Crippen molar-refractivity contribution in [2.45, 2.75) is 46.1 Å². The molecule has 108 valence electrons. The van der Waals surface area contributed by atoms with Gasteiger partial charge in [-0.25, -0.2) is 0 Å². The van der Waals surface area contributed by atoms with Crippen molar-refractivity contribution in [1.29, 1.82) is 0 Å². The first-order valence-electron chi connectivity index (χ1n) is 7.06. The van der Waals surface area contributed by atoms with Crippen molar-refractivity contribution in [3.05, 3.63) is 28.8 Å². The fraction of sp³-hybridized carbons (Fsp3) is 0.625. The molecule has 0 spiro atoms. The topological polar surface area (TPSA) is 61.3 Å². The van der Waals surface area contributed by atoms with E-state index >= 15 is 0 Å². The van der Waals surface area contributed by atoms with E-state index in [4.69, 9.17) is 16.2 Å². The number of hydrogen-bond acceptors (Lipinski definition) is 3. The third-order valence-corrected chi connectivity index (χ3v) is 3.83. The molecule has 0 heterocycles. The molecule has 0 aliphatic carbocycles. The van der Waals surface area contributed by atoms with Gasteiger partial charge in [-0.1, -0.05) is 26.8 Å². The van der Waals surface area contributed by atoms with Crippen LogP contribution in [0, 0.1) is 12.8 Å². The Labute approximate surface area is 117 Å². The summed E-state index contributed by atoms with van der Waals surface area (Å²) in [5, 5.41) is 0. The van der Waals surface area contributed by atoms with Crippen LogP contribution >= 0.6 is 0 Å². The Morgan fingerprint density at radius 2 is 1.79 bits per heavy atom. The zero-order chi connectivity index (χ0) is 14.6. The van der Waals surface area contributed by atoms with Gasteiger partial charge in [0, 0.05) is 6.04 Å². The lowest BCUT2D eigenvalue weighted by Crippen LogP contribution is -2.22. The molecule has 3 heteroatoms. The Bertz CT molecular complexity index is 415. The molecule has 4 N–H and O–H groups in total. The highest BCUT2D eigenvalue weighted by Crippen LogP contribution is 2.33. The van der Waals surface area contributed by atoms with Gasteiger partial charge in [-0.05, 0) is 54.5 Å². The normalized spacial score (nSPS) is 14.5. The summed E-state index contributed by atoms with van der Waals surface area (Å²) >= 11 is 0. The monoisotopic (exact) mass is 264 g/mol. The molecule has 2 atom stereocenters. The Kier molecular flexibility index (Phi) is 5.83. The Morgan fingerprint density at radius 1 is 1.16 bits per heavy atom. The minimum atomic E-state index is 0.0342. The molecule has 3 nitrogen and oxygen atoms in total. The lowest BCUT2D eigenvalue weighted by molar-refractivity contribution is 0.405. The van der Waals surface area contributed by atoms with Crippen LogP contribution in [0.4, 0.5) is 0 Å². The number of benzene rings is 1. The van der Waals surface area contributed by atoms with E-state index < -0.39 is 0 Å². The standard InChI is InChI=1S/C16H28N2O/c1-10(2)13-9-14(12(4)8-15(13)19-5)16(18)11(3)6-7-17/h8-11,16H,6-7,17-18H2,1-5H3. The Balaban J connectivity index is 3.17. The third kappa shape index (κ3) is 3.71. The van der Waals surface area contributed by atoms with Crippen molar-refractivity contribution in [1.82, 2.24) is 0 Å². The number of aryl methyl sites for hydroxylation is 1. The van der Waals surface area contributed by atoms with Gasteiger partial charge >= 0.3 is 0 Å². The van der Waals surface area contributed by atoms with Crippen LogP contribution in [-0.4, -0.2) is 13.7 Å². The van der Waals surface area contributed by atoms with E-state index in [2.05, 4.69) is 39.8 Å². The van der Waals surface area contributed by atoms with Gasteiger partial charge in [0.1, 0.15) is 5.75 Å². The third-order valence-electron chi connectivity index (χ3n) is 3.83.